The van der Waals surface area contributed by atoms with Crippen molar-refractivity contribution < 1.29 is 13.6 Å². The summed E-state index contributed by atoms with van der Waals surface area (Å²) in [5.74, 6) is -2.62. The Balaban J connectivity index is 2.27. The molecule has 0 radical (unpaired) electrons. The summed E-state index contributed by atoms with van der Waals surface area (Å²) in [6, 6.07) is 3.20. The highest BCUT2D eigenvalue weighted by Crippen LogP contribution is 2.18. The molecule has 0 saturated heterocycles. The fourth-order valence-corrected chi connectivity index (χ4v) is 1.26. The number of H-pyrrole nitrogens is 1. The van der Waals surface area contributed by atoms with Gasteiger partial charge in [0.1, 0.15) is 23.0 Å². The fourth-order valence-electron chi connectivity index (χ4n) is 1.26. The molecule has 2 rings (SSSR count). The van der Waals surface area contributed by atoms with Gasteiger partial charge in [0.15, 0.2) is 0 Å². The molecule has 0 spiro atoms. The van der Waals surface area contributed by atoms with E-state index in [2.05, 4.69) is 9.97 Å². The first kappa shape index (κ1) is 11.9. The highest BCUT2D eigenvalue weighted by atomic mass is 19.1. The minimum absolute atomic E-state index is 0.155. The third-order valence-electron chi connectivity index (χ3n) is 2.11. The average molecular weight is 251 g/mol. The van der Waals surface area contributed by atoms with E-state index < -0.39 is 28.8 Å². The van der Waals surface area contributed by atoms with Gasteiger partial charge < -0.3 is 10.3 Å². The second-order valence-corrected chi connectivity index (χ2v) is 3.35. The number of carbonyl (C=O) groups is 1. The van der Waals surface area contributed by atoms with E-state index in [1.165, 1.54) is 6.07 Å². The Kier molecular flexibility index (Phi) is 3.13. The molecule has 1 aromatic heterocycles. The second kappa shape index (κ2) is 4.74. The topological polar surface area (TPSA) is 74.8 Å². The van der Waals surface area contributed by atoms with Crippen LogP contribution >= 0.6 is 0 Å². The summed E-state index contributed by atoms with van der Waals surface area (Å²) < 4.78 is 26.5. The molecule has 0 unspecified atom stereocenters. The summed E-state index contributed by atoms with van der Waals surface area (Å²) in [6.45, 7) is 0. The van der Waals surface area contributed by atoms with Crippen molar-refractivity contribution in [2.75, 3.05) is 5.32 Å². The minimum atomic E-state index is -0.896. The van der Waals surface area contributed by atoms with Crippen molar-refractivity contribution in [2.24, 2.45) is 0 Å². The monoisotopic (exact) mass is 251 g/mol. The van der Waals surface area contributed by atoms with Gasteiger partial charge in [0, 0.05) is 6.20 Å². The van der Waals surface area contributed by atoms with Gasteiger partial charge in [-0.25, -0.2) is 13.8 Å². The van der Waals surface area contributed by atoms with Gasteiger partial charge >= 0.3 is 0 Å². The van der Waals surface area contributed by atoms with Gasteiger partial charge in [0.05, 0.1) is 6.20 Å². The van der Waals surface area contributed by atoms with Crippen molar-refractivity contribution in [3.63, 3.8) is 0 Å². The Bertz CT molecular complexity index is 614. The maximum atomic E-state index is 13.3. The lowest BCUT2D eigenvalue weighted by atomic mass is 10.3. The molecule has 2 N–H and O–H groups in total. The number of nitrogens with zero attached hydrogens (tertiary/aromatic N) is 1. The Morgan fingerprint density at radius 3 is 2.50 bits per heavy atom. The maximum absolute atomic E-state index is 13.3. The quantitative estimate of drug-likeness (QED) is 0.844. The molecule has 0 bridgehead atoms. The number of hydrogen-bond donors (Lipinski definition) is 2. The zero-order valence-corrected chi connectivity index (χ0v) is 8.91. The van der Waals surface area contributed by atoms with E-state index in [0.717, 1.165) is 24.5 Å². The Labute approximate surface area is 99.5 Å². The molecule has 92 valence electrons. The zero-order chi connectivity index (χ0) is 13.1. The molecule has 0 aliphatic rings. The molecule has 1 aromatic carbocycles. The normalized spacial score (nSPS) is 10.1. The molecule has 5 nitrogen and oxygen atoms in total. The van der Waals surface area contributed by atoms with Crippen LogP contribution < -0.4 is 10.9 Å². The first-order chi connectivity index (χ1) is 8.58. The number of nitrogens with one attached hydrogen (secondary N) is 2. The smallest absolute Gasteiger partial charge is 0.275 e. The molecule has 2 aromatic rings. The number of hydrogen-bond acceptors (Lipinski definition) is 3. The fraction of sp³-hybridized carbons (Fsp3) is 0. The van der Waals surface area contributed by atoms with Gasteiger partial charge in [0.25, 0.3) is 11.5 Å². The van der Waals surface area contributed by atoms with E-state index in [1.54, 1.807) is 0 Å². The maximum Gasteiger partial charge on any atom is 0.275 e. The molecule has 0 saturated carbocycles. The number of rotatable bonds is 2. The second-order valence-electron chi connectivity index (χ2n) is 3.35. The summed E-state index contributed by atoms with van der Waals surface area (Å²) in [6.07, 6.45) is 1.95. The van der Waals surface area contributed by atoms with Gasteiger partial charge in [-0.15, -0.1) is 0 Å². The van der Waals surface area contributed by atoms with Crippen molar-refractivity contribution in [2.45, 2.75) is 0 Å². The zero-order valence-electron chi connectivity index (χ0n) is 8.91. The first-order valence-corrected chi connectivity index (χ1v) is 4.88. The van der Waals surface area contributed by atoms with Crippen molar-refractivity contribution in [1.82, 2.24) is 9.97 Å². The first-order valence-electron chi connectivity index (χ1n) is 4.88. The van der Waals surface area contributed by atoms with Gasteiger partial charge in [-0.3, -0.25) is 9.59 Å². The average Bonchev–Trinajstić information content (AvgIpc) is 2.34. The van der Waals surface area contributed by atoms with E-state index in [9.17, 15) is 18.4 Å². The molecule has 0 aliphatic heterocycles. The largest absolute Gasteiger partial charge is 0.325 e. The Morgan fingerprint density at radius 1 is 1.28 bits per heavy atom. The number of benzene rings is 1. The highest BCUT2D eigenvalue weighted by Gasteiger charge is 2.14. The Hall–Kier alpha value is -2.57. The van der Waals surface area contributed by atoms with Crippen LogP contribution in [0.1, 0.15) is 10.5 Å². The predicted octanol–water partition coefficient (Wildman–Crippen LogP) is 1.30. The third-order valence-corrected chi connectivity index (χ3v) is 2.11. The lowest BCUT2D eigenvalue weighted by Crippen LogP contribution is -2.18. The van der Waals surface area contributed by atoms with Crippen LogP contribution in [0.5, 0.6) is 0 Å². The number of aromatic nitrogens is 2. The molecule has 0 atom stereocenters. The summed E-state index contributed by atoms with van der Waals surface area (Å²) in [5.41, 5.74) is -1.20. The van der Waals surface area contributed by atoms with E-state index >= 15 is 0 Å². The van der Waals surface area contributed by atoms with Gasteiger partial charge in [-0.1, -0.05) is 6.07 Å². The van der Waals surface area contributed by atoms with E-state index in [1.807, 2.05) is 5.32 Å². The van der Waals surface area contributed by atoms with Crippen LogP contribution in [0, 0.1) is 11.6 Å². The number of amides is 1. The highest BCUT2D eigenvalue weighted by molar-refractivity contribution is 6.02. The third kappa shape index (κ3) is 2.40. The number of aromatic amines is 1. The number of para-hydroxylation sites is 1. The summed E-state index contributed by atoms with van der Waals surface area (Å²) in [7, 11) is 0. The molecular formula is C11H7F2N3O2. The molecule has 1 amide bonds. The van der Waals surface area contributed by atoms with Crippen LogP contribution in [0.25, 0.3) is 0 Å². The SMILES string of the molecule is O=C(Nc1c(F)cccc1F)c1c[nH]c(=O)cn1. The lowest BCUT2D eigenvalue weighted by Gasteiger charge is -2.06. The molecular weight excluding hydrogens is 244 g/mol. The van der Waals surface area contributed by atoms with Crippen LogP contribution in [-0.2, 0) is 0 Å². The van der Waals surface area contributed by atoms with Crippen LogP contribution in [-0.4, -0.2) is 15.9 Å². The molecule has 7 heteroatoms. The summed E-state index contributed by atoms with van der Waals surface area (Å²) in [4.78, 5) is 28.1. The van der Waals surface area contributed by atoms with E-state index in [-0.39, 0.29) is 5.69 Å². The number of carbonyl (C=O) groups excluding carboxylic acids is 1. The van der Waals surface area contributed by atoms with Gasteiger partial charge in [-0.2, -0.15) is 0 Å². The minimum Gasteiger partial charge on any atom is -0.325 e. The number of anilines is 1. The van der Waals surface area contributed by atoms with Crippen molar-refractivity contribution in [3.8, 4) is 0 Å². The van der Waals surface area contributed by atoms with E-state index in [4.69, 9.17) is 0 Å². The molecule has 0 aliphatic carbocycles. The van der Waals surface area contributed by atoms with E-state index in [0.29, 0.717) is 0 Å². The molecule has 1 heterocycles. The van der Waals surface area contributed by atoms with Crippen molar-refractivity contribution >= 4 is 11.6 Å². The number of halogens is 2. The molecule has 0 fully saturated rings. The lowest BCUT2D eigenvalue weighted by molar-refractivity contribution is 0.102. The van der Waals surface area contributed by atoms with Crippen LogP contribution in [0.4, 0.5) is 14.5 Å². The van der Waals surface area contributed by atoms with Crippen LogP contribution in [0.2, 0.25) is 0 Å². The van der Waals surface area contributed by atoms with Crippen LogP contribution in [0.3, 0.4) is 0 Å². The summed E-state index contributed by atoms with van der Waals surface area (Å²) in [5, 5.41) is 2.04. The van der Waals surface area contributed by atoms with Crippen molar-refractivity contribution in [1.29, 1.82) is 0 Å². The standard InChI is InChI=1S/C11H7F2N3O2/c12-6-2-1-3-7(13)10(6)16-11(18)8-4-15-9(17)5-14-8/h1-5H,(H,15,17)(H,16,18). The van der Waals surface area contributed by atoms with Gasteiger partial charge in [0.2, 0.25) is 0 Å². The van der Waals surface area contributed by atoms with Crippen molar-refractivity contribution in [3.05, 3.63) is 58.3 Å². The molecule has 18 heavy (non-hydrogen) atoms. The Morgan fingerprint density at radius 2 is 1.94 bits per heavy atom. The van der Waals surface area contributed by atoms with Gasteiger partial charge in [-0.05, 0) is 12.1 Å². The van der Waals surface area contributed by atoms with Crippen LogP contribution in [0.15, 0.2) is 35.4 Å². The predicted molar refractivity (Wildman–Crippen MR) is 59.2 cm³/mol. The summed E-state index contributed by atoms with van der Waals surface area (Å²) >= 11 is 0.